The molecular formula is C21H22FN3O2S. The molecule has 1 aliphatic rings. The van der Waals surface area contributed by atoms with E-state index in [1.807, 2.05) is 31.2 Å². The second kappa shape index (κ2) is 6.71. The van der Waals surface area contributed by atoms with Crippen molar-refractivity contribution >= 4 is 15.7 Å². The number of aryl methyl sites for hydroxylation is 1. The summed E-state index contributed by atoms with van der Waals surface area (Å²) in [4.78, 5) is 8.60. The van der Waals surface area contributed by atoms with Gasteiger partial charge in [0.15, 0.2) is 9.84 Å². The zero-order valence-corrected chi connectivity index (χ0v) is 17.1. The maximum atomic E-state index is 14.6. The first-order valence-electron chi connectivity index (χ1n) is 8.78. The van der Waals surface area contributed by atoms with Crippen molar-refractivity contribution in [3.63, 3.8) is 0 Å². The Bertz CT molecular complexity index is 1130. The molecule has 2 N–H and O–H groups in total. The highest BCUT2D eigenvalue weighted by atomic mass is 32.2. The highest BCUT2D eigenvalue weighted by Crippen LogP contribution is 2.36. The molecule has 28 heavy (non-hydrogen) atoms. The van der Waals surface area contributed by atoms with Gasteiger partial charge in [-0.3, -0.25) is 4.99 Å². The van der Waals surface area contributed by atoms with Gasteiger partial charge in [0.1, 0.15) is 33.3 Å². The van der Waals surface area contributed by atoms with Crippen LogP contribution in [-0.4, -0.2) is 29.7 Å². The summed E-state index contributed by atoms with van der Waals surface area (Å²) in [7, 11) is -3.65. The monoisotopic (exact) mass is 399 g/mol. The second-order valence-corrected chi connectivity index (χ2v) is 10.2. The molecule has 3 rings (SSSR count). The highest BCUT2D eigenvalue weighted by molar-refractivity contribution is 7.93. The van der Waals surface area contributed by atoms with Crippen molar-refractivity contribution in [2.24, 2.45) is 10.7 Å². The third-order valence-electron chi connectivity index (χ3n) is 4.98. The molecule has 0 saturated heterocycles. The van der Waals surface area contributed by atoms with Gasteiger partial charge in [0, 0.05) is 5.56 Å². The standard InChI is InChI=1S/C21H22FN3O2S/c1-14-5-7-15(8-6-14)9-10-16-11-12-17(22)18(24-16)21(4)13-28(26,27)20(2,3)19(23)25-21/h5-8,11-12H,13H2,1-4H3,(H2,23,25)/t21-/m0/s1. The predicted octanol–water partition coefficient (Wildman–Crippen LogP) is 2.71. The normalized spacial score (nSPS) is 22.7. The Labute approximate surface area is 164 Å². The Balaban J connectivity index is 2.05. The topological polar surface area (TPSA) is 85.4 Å². The third-order valence-corrected chi connectivity index (χ3v) is 7.68. The number of halogens is 1. The Kier molecular flexibility index (Phi) is 4.80. The largest absolute Gasteiger partial charge is 0.386 e. The molecule has 7 heteroatoms. The number of rotatable bonds is 1. The van der Waals surface area contributed by atoms with Gasteiger partial charge in [0.2, 0.25) is 0 Å². The fourth-order valence-corrected chi connectivity index (χ4v) is 4.59. The average molecular weight is 399 g/mol. The first-order chi connectivity index (χ1) is 12.9. The molecule has 0 unspecified atom stereocenters. The summed E-state index contributed by atoms with van der Waals surface area (Å²) >= 11 is 0. The molecule has 2 heterocycles. The average Bonchev–Trinajstić information content (AvgIpc) is 2.60. The van der Waals surface area contributed by atoms with Crippen molar-refractivity contribution in [2.75, 3.05) is 5.75 Å². The first kappa shape index (κ1) is 20.0. The fourth-order valence-electron chi connectivity index (χ4n) is 2.93. The minimum absolute atomic E-state index is 0.0569. The fraction of sp³-hybridized carbons (Fsp3) is 0.333. The van der Waals surface area contributed by atoms with Gasteiger partial charge in [0.05, 0.1) is 5.75 Å². The molecule has 0 bridgehead atoms. The van der Waals surface area contributed by atoms with E-state index in [2.05, 4.69) is 21.8 Å². The van der Waals surface area contributed by atoms with Crippen LogP contribution in [0.2, 0.25) is 0 Å². The summed E-state index contributed by atoms with van der Waals surface area (Å²) in [6.45, 7) is 6.49. The van der Waals surface area contributed by atoms with Gasteiger partial charge in [-0.1, -0.05) is 23.6 Å². The Morgan fingerprint density at radius 3 is 2.32 bits per heavy atom. The van der Waals surface area contributed by atoms with E-state index in [1.165, 1.54) is 32.9 Å². The van der Waals surface area contributed by atoms with Crippen LogP contribution in [-0.2, 0) is 15.4 Å². The molecule has 146 valence electrons. The summed E-state index contributed by atoms with van der Waals surface area (Å²) in [5, 5.41) is 0. The highest BCUT2D eigenvalue weighted by Gasteiger charge is 2.50. The summed E-state index contributed by atoms with van der Waals surface area (Å²) in [6.07, 6.45) is 0. The minimum atomic E-state index is -3.65. The lowest BCUT2D eigenvalue weighted by Crippen LogP contribution is -2.55. The number of sulfone groups is 1. The molecular weight excluding hydrogens is 377 g/mol. The number of benzene rings is 1. The number of nitrogens with zero attached hydrogens (tertiary/aromatic N) is 2. The number of hydrogen-bond acceptors (Lipinski definition) is 5. The zero-order chi connectivity index (χ0) is 20.7. The molecule has 0 fully saturated rings. The van der Waals surface area contributed by atoms with Crippen LogP contribution >= 0.6 is 0 Å². The van der Waals surface area contributed by atoms with Crippen molar-refractivity contribution in [2.45, 2.75) is 38.0 Å². The number of pyridine rings is 1. The zero-order valence-electron chi connectivity index (χ0n) is 16.2. The molecule has 2 aromatic rings. The first-order valence-corrected chi connectivity index (χ1v) is 10.4. The number of hydrogen-bond donors (Lipinski definition) is 1. The van der Waals surface area contributed by atoms with Crippen molar-refractivity contribution in [3.05, 3.63) is 64.7 Å². The van der Waals surface area contributed by atoms with Crippen LogP contribution in [0, 0.1) is 24.6 Å². The van der Waals surface area contributed by atoms with E-state index in [0.29, 0.717) is 5.69 Å². The molecule has 0 aliphatic carbocycles. The summed E-state index contributed by atoms with van der Waals surface area (Å²) in [6, 6.07) is 10.3. The third kappa shape index (κ3) is 3.52. The maximum Gasteiger partial charge on any atom is 0.165 e. The van der Waals surface area contributed by atoms with E-state index in [0.717, 1.165) is 11.1 Å². The van der Waals surface area contributed by atoms with Gasteiger partial charge in [0.25, 0.3) is 0 Å². The van der Waals surface area contributed by atoms with E-state index in [9.17, 15) is 12.8 Å². The smallest absolute Gasteiger partial charge is 0.165 e. The Morgan fingerprint density at radius 1 is 1.07 bits per heavy atom. The van der Waals surface area contributed by atoms with Gasteiger partial charge >= 0.3 is 0 Å². The van der Waals surface area contributed by atoms with Crippen LogP contribution in [0.25, 0.3) is 0 Å². The molecule has 0 radical (unpaired) electrons. The van der Waals surface area contributed by atoms with Gasteiger partial charge in [-0.05, 0) is 57.9 Å². The number of aliphatic imine (C=N–C) groups is 1. The van der Waals surface area contributed by atoms with E-state index in [1.54, 1.807) is 0 Å². The molecule has 5 nitrogen and oxygen atoms in total. The van der Waals surface area contributed by atoms with E-state index in [4.69, 9.17) is 5.73 Å². The molecule has 0 spiro atoms. The summed E-state index contributed by atoms with van der Waals surface area (Å²) in [5.41, 5.74) is 6.69. The van der Waals surface area contributed by atoms with Gasteiger partial charge in [-0.15, -0.1) is 0 Å². The van der Waals surface area contributed by atoms with Gasteiger partial charge in [-0.25, -0.2) is 17.8 Å². The summed E-state index contributed by atoms with van der Waals surface area (Å²) in [5.74, 6) is 4.79. The van der Waals surface area contributed by atoms with E-state index < -0.39 is 25.9 Å². The van der Waals surface area contributed by atoms with Crippen molar-refractivity contribution in [3.8, 4) is 11.8 Å². The molecule has 0 saturated carbocycles. The molecule has 1 aliphatic heterocycles. The van der Waals surface area contributed by atoms with Crippen molar-refractivity contribution in [1.29, 1.82) is 0 Å². The predicted molar refractivity (Wildman–Crippen MR) is 108 cm³/mol. The lowest BCUT2D eigenvalue weighted by molar-refractivity contribution is 0.461. The number of amidine groups is 1. The number of nitrogens with two attached hydrogens (primary N) is 1. The van der Waals surface area contributed by atoms with Gasteiger partial charge in [-0.2, -0.15) is 0 Å². The van der Waals surface area contributed by atoms with Gasteiger partial charge < -0.3 is 5.73 Å². The van der Waals surface area contributed by atoms with Crippen LogP contribution < -0.4 is 5.73 Å². The second-order valence-electron chi connectivity index (χ2n) is 7.68. The number of aromatic nitrogens is 1. The molecule has 1 atom stereocenters. The van der Waals surface area contributed by atoms with Crippen LogP contribution in [0.5, 0.6) is 0 Å². The Morgan fingerprint density at radius 2 is 1.71 bits per heavy atom. The molecule has 0 amide bonds. The van der Waals surface area contributed by atoms with E-state index in [-0.39, 0.29) is 17.3 Å². The lowest BCUT2D eigenvalue weighted by Gasteiger charge is -2.37. The Hall–Kier alpha value is -2.72. The molecule has 1 aromatic carbocycles. The van der Waals surface area contributed by atoms with E-state index >= 15 is 0 Å². The van der Waals surface area contributed by atoms with Crippen LogP contribution in [0.3, 0.4) is 0 Å². The van der Waals surface area contributed by atoms with Crippen molar-refractivity contribution in [1.82, 2.24) is 4.98 Å². The molecule has 1 aromatic heterocycles. The summed E-state index contributed by atoms with van der Waals surface area (Å²) < 4.78 is 38.7. The SMILES string of the molecule is Cc1ccc(C#Cc2ccc(F)c([C@]3(C)CS(=O)(=O)C(C)(C)C(N)=N3)n2)cc1. The van der Waals surface area contributed by atoms with Crippen LogP contribution in [0.1, 0.15) is 43.3 Å². The lowest BCUT2D eigenvalue weighted by atomic mass is 9.98. The quantitative estimate of drug-likeness (QED) is 0.747. The van der Waals surface area contributed by atoms with Crippen LogP contribution in [0.4, 0.5) is 4.39 Å². The van der Waals surface area contributed by atoms with Crippen molar-refractivity contribution < 1.29 is 12.8 Å². The maximum absolute atomic E-state index is 14.6. The van der Waals surface area contributed by atoms with Crippen LogP contribution in [0.15, 0.2) is 41.4 Å². The minimum Gasteiger partial charge on any atom is -0.386 e.